The normalized spacial score (nSPS) is 15.1. The standard InChI is InChI=1S/C20H35N5O2.HI/c1-5-21-20(22-10-6-7-11-23(4)17(2)3)25-14-12-24(13-15-25)19(26)18-9-8-16-27-18;/h8-9,16-17H,5-7,10-15H2,1-4H3,(H,21,22);1H. The third kappa shape index (κ3) is 7.62. The first kappa shape index (κ1) is 24.7. The van der Waals surface area contributed by atoms with Crippen molar-refractivity contribution in [2.75, 3.05) is 52.9 Å². The summed E-state index contributed by atoms with van der Waals surface area (Å²) in [6, 6.07) is 4.06. The van der Waals surface area contributed by atoms with Gasteiger partial charge in [0, 0.05) is 45.3 Å². The van der Waals surface area contributed by atoms with Gasteiger partial charge in [-0.15, -0.1) is 24.0 Å². The Bertz CT molecular complexity index is 583. The Kier molecular flexibility index (Phi) is 11.5. The minimum atomic E-state index is -0.0316. The van der Waals surface area contributed by atoms with Gasteiger partial charge in [-0.1, -0.05) is 0 Å². The molecule has 1 aromatic heterocycles. The predicted molar refractivity (Wildman–Crippen MR) is 125 cm³/mol. The number of nitrogens with one attached hydrogen (secondary N) is 1. The van der Waals surface area contributed by atoms with E-state index in [1.165, 1.54) is 0 Å². The Morgan fingerprint density at radius 2 is 1.93 bits per heavy atom. The van der Waals surface area contributed by atoms with Crippen LogP contribution in [0.4, 0.5) is 0 Å². The lowest BCUT2D eigenvalue weighted by Gasteiger charge is -2.36. The molecule has 0 atom stereocenters. The van der Waals surface area contributed by atoms with E-state index < -0.39 is 0 Å². The summed E-state index contributed by atoms with van der Waals surface area (Å²) in [5.74, 6) is 1.34. The molecule has 1 aromatic rings. The van der Waals surface area contributed by atoms with E-state index in [1.807, 2.05) is 4.90 Å². The van der Waals surface area contributed by atoms with Gasteiger partial charge in [0.25, 0.3) is 5.91 Å². The van der Waals surface area contributed by atoms with Crippen molar-refractivity contribution in [2.24, 2.45) is 4.99 Å². The van der Waals surface area contributed by atoms with Crippen LogP contribution >= 0.6 is 24.0 Å². The number of rotatable bonds is 8. The molecular formula is C20H36IN5O2. The van der Waals surface area contributed by atoms with E-state index in [-0.39, 0.29) is 29.9 Å². The van der Waals surface area contributed by atoms with E-state index in [2.05, 4.69) is 42.9 Å². The van der Waals surface area contributed by atoms with Crippen molar-refractivity contribution in [1.82, 2.24) is 20.0 Å². The molecule has 28 heavy (non-hydrogen) atoms. The highest BCUT2D eigenvalue weighted by Gasteiger charge is 2.25. The molecule has 7 nitrogen and oxygen atoms in total. The molecule has 1 saturated heterocycles. The highest BCUT2D eigenvalue weighted by Crippen LogP contribution is 2.10. The Hall–Kier alpha value is -1.29. The molecule has 1 fully saturated rings. The molecule has 0 aromatic carbocycles. The van der Waals surface area contributed by atoms with Crippen LogP contribution in [-0.4, -0.2) is 85.5 Å². The Balaban J connectivity index is 0.00000392. The van der Waals surface area contributed by atoms with Gasteiger partial charge in [0.05, 0.1) is 6.26 Å². The fourth-order valence-corrected chi connectivity index (χ4v) is 3.02. The second-order valence-corrected chi connectivity index (χ2v) is 7.27. The number of furan rings is 1. The molecule has 160 valence electrons. The number of hydrogen-bond donors (Lipinski definition) is 1. The molecule has 1 aliphatic rings. The van der Waals surface area contributed by atoms with Crippen LogP contribution in [0.1, 0.15) is 44.2 Å². The van der Waals surface area contributed by atoms with Crippen molar-refractivity contribution in [1.29, 1.82) is 0 Å². The van der Waals surface area contributed by atoms with Crippen LogP contribution in [-0.2, 0) is 0 Å². The third-order valence-electron chi connectivity index (χ3n) is 5.00. The lowest BCUT2D eigenvalue weighted by atomic mass is 10.2. The van der Waals surface area contributed by atoms with Gasteiger partial charge < -0.3 is 24.4 Å². The van der Waals surface area contributed by atoms with Gasteiger partial charge in [0.1, 0.15) is 0 Å². The van der Waals surface area contributed by atoms with Crippen LogP contribution in [0.15, 0.2) is 27.8 Å². The first-order valence-electron chi connectivity index (χ1n) is 10.1. The van der Waals surface area contributed by atoms with Crippen molar-refractivity contribution in [2.45, 2.75) is 39.7 Å². The van der Waals surface area contributed by atoms with Crippen LogP contribution < -0.4 is 5.32 Å². The maximum absolute atomic E-state index is 12.4. The first-order valence-corrected chi connectivity index (χ1v) is 10.1. The summed E-state index contributed by atoms with van der Waals surface area (Å²) >= 11 is 0. The smallest absolute Gasteiger partial charge is 0.289 e. The van der Waals surface area contributed by atoms with Crippen molar-refractivity contribution in [3.05, 3.63) is 24.2 Å². The minimum Gasteiger partial charge on any atom is -0.459 e. The van der Waals surface area contributed by atoms with Gasteiger partial charge >= 0.3 is 0 Å². The number of halogens is 1. The lowest BCUT2D eigenvalue weighted by Crippen LogP contribution is -2.53. The summed E-state index contributed by atoms with van der Waals surface area (Å²) in [7, 11) is 2.17. The molecule has 0 spiro atoms. The summed E-state index contributed by atoms with van der Waals surface area (Å²) in [5.41, 5.74) is 0. The number of guanidine groups is 1. The summed E-state index contributed by atoms with van der Waals surface area (Å²) in [6.45, 7) is 12.3. The number of unbranched alkanes of at least 4 members (excludes halogenated alkanes) is 1. The van der Waals surface area contributed by atoms with Crippen LogP contribution in [0.3, 0.4) is 0 Å². The topological polar surface area (TPSA) is 64.3 Å². The van der Waals surface area contributed by atoms with E-state index in [4.69, 9.17) is 9.41 Å². The monoisotopic (exact) mass is 505 g/mol. The second kappa shape index (κ2) is 13.0. The number of piperazine rings is 1. The van der Waals surface area contributed by atoms with Gasteiger partial charge in [0.15, 0.2) is 11.7 Å². The molecule has 0 saturated carbocycles. The Morgan fingerprint density at radius 3 is 2.50 bits per heavy atom. The largest absolute Gasteiger partial charge is 0.459 e. The molecule has 1 N–H and O–H groups in total. The lowest BCUT2D eigenvalue weighted by molar-refractivity contribution is 0.0657. The fraction of sp³-hybridized carbons (Fsp3) is 0.700. The maximum Gasteiger partial charge on any atom is 0.289 e. The highest BCUT2D eigenvalue weighted by molar-refractivity contribution is 14.0. The molecule has 8 heteroatoms. The van der Waals surface area contributed by atoms with E-state index in [0.29, 0.717) is 24.9 Å². The average molecular weight is 505 g/mol. The molecule has 0 unspecified atom stereocenters. The fourth-order valence-electron chi connectivity index (χ4n) is 3.02. The van der Waals surface area contributed by atoms with Gasteiger partial charge in [-0.2, -0.15) is 0 Å². The van der Waals surface area contributed by atoms with Crippen molar-refractivity contribution in [3.8, 4) is 0 Å². The molecule has 2 rings (SSSR count). The van der Waals surface area contributed by atoms with Gasteiger partial charge in [-0.05, 0) is 59.3 Å². The van der Waals surface area contributed by atoms with Crippen LogP contribution in [0.5, 0.6) is 0 Å². The van der Waals surface area contributed by atoms with Gasteiger partial charge in [0.2, 0.25) is 0 Å². The number of aliphatic imine (C=N–C) groups is 1. The van der Waals surface area contributed by atoms with Crippen molar-refractivity contribution in [3.63, 3.8) is 0 Å². The van der Waals surface area contributed by atoms with E-state index in [9.17, 15) is 4.79 Å². The summed E-state index contributed by atoms with van der Waals surface area (Å²) < 4.78 is 5.22. The summed E-state index contributed by atoms with van der Waals surface area (Å²) in [5, 5.41) is 3.39. The first-order chi connectivity index (χ1) is 13.0. The molecule has 2 heterocycles. The molecule has 0 bridgehead atoms. The number of hydrogen-bond acceptors (Lipinski definition) is 4. The van der Waals surface area contributed by atoms with E-state index >= 15 is 0 Å². The second-order valence-electron chi connectivity index (χ2n) is 7.27. The molecule has 0 aliphatic carbocycles. The number of amides is 1. The zero-order valence-corrected chi connectivity index (χ0v) is 20.0. The van der Waals surface area contributed by atoms with Crippen LogP contribution in [0, 0.1) is 0 Å². The zero-order chi connectivity index (χ0) is 19.6. The number of nitrogens with zero attached hydrogens (tertiary/aromatic N) is 4. The Labute approximate surface area is 186 Å². The average Bonchev–Trinajstić information content (AvgIpc) is 3.21. The number of carbonyl (C=O) groups excluding carboxylic acids is 1. The van der Waals surface area contributed by atoms with Crippen LogP contribution in [0.2, 0.25) is 0 Å². The maximum atomic E-state index is 12.4. The Morgan fingerprint density at radius 1 is 1.25 bits per heavy atom. The molecule has 1 amide bonds. The van der Waals surface area contributed by atoms with Crippen LogP contribution in [0.25, 0.3) is 0 Å². The van der Waals surface area contributed by atoms with E-state index in [1.54, 1.807) is 18.4 Å². The van der Waals surface area contributed by atoms with E-state index in [0.717, 1.165) is 51.5 Å². The van der Waals surface area contributed by atoms with Gasteiger partial charge in [-0.3, -0.25) is 9.79 Å². The number of carbonyl (C=O) groups is 1. The molecule has 1 aliphatic heterocycles. The van der Waals surface area contributed by atoms with Crippen molar-refractivity contribution < 1.29 is 9.21 Å². The zero-order valence-electron chi connectivity index (χ0n) is 17.7. The minimum absolute atomic E-state index is 0. The summed E-state index contributed by atoms with van der Waals surface area (Å²) in [4.78, 5) is 23.6. The van der Waals surface area contributed by atoms with Gasteiger partial charge in [-0.25, -0.2) is 0 Å². The van der Waals surface area contributed by atoms with Crippen molar-refractivity contribution >= 4 is 35.8 Å². The third-order valence-corrected chi connectivity index (χ3v) is 5.00. The molecule has 0 radical (unpaired) electrons. The molecular weight excluding hydrogens is 469 g/mol. The summed E-state index contributed by atoms with van der Waals surface area (Å²) in [6.07, 6.45) is 3.78. The SMILES string of the molecule is CCNC(=NCCCCN(C)C(C)C)N1CCN(C(=O)c2ccco2)CC1.I. The highest BCUT2D eigenvalue weighted by atomic mass is 127. The predicted octanol–water partition coefficient (Wildman–Crippen LogP) is 2.74. The quantitative estimate of drug-likeness (QED) is 0.255.